The summed E-state index contributed by atoms with van der Waals surface area (Å²) in [6.07, 6.45) is 0. The third-order valence-corrected chi connectivity index (χ3v) is 3.34. The summed E-state index contributed by atoms with van der Waals surface area (Å²) in [4.78, 5) is 23.1. The van der Waals surface area contributed by atoms with Crippen LogP contribution in [0.2, 0.25) is 0 Å². The van der Waals surface area contributed by atoms with Gasteiger partial charge in [0.25, 0.3) is 5.91 Å². The molecule has 0 atom stereocenters. The van der Waals surface area contributed by atoms with Crippen LogP contribution in [-0.2, 0) is 11.3 Å². The lowest BCUT2D eigenvalue weighted by atomic mass is 10.1. The number of amides is 2. The third-order valence-electron chi connectivity index (χ3n) is 2.81. The molecular formula is C16H15BrN2O2. The van der Waals surface area contributed by atoms with Gasteiger partial charge in [-0.3, -0.25) is 9.59 Å². The van der Waals surface area contributed by atoms with E-state index in [9.17, 15) is 9.59 Å². The molecule has 2 aromatic rings. The fraction of sp³-hybridized carbons (Fsp3) is 0.125. The Hall–Kier alpha value is -2.14. The van der Waals surface area contributed by atoms with Crippen molar-refractivity contribution in [1.29, 1.82) is 0 Å². The summed E-state index contributed by atoms with van der Waals surface area (Å²) in [7, 11) is 0. The van der Waals surface area contributed by atoms with E-state index >= 15 is 0 Å². The second-order valence-corrected chi connectivity index (χ2v) is 5.49. The van der Waals surface area contributed by atoms with E-state index in [-0.39, 0.29) is 11.8 Å². The minimum atomic E-state index is -0.176. The smallest absolute Gasteiger partial charge is 0.251 e. The second kappa shape index (κ2) is 7.04. The van der Waals surface area contributed by atoms with Crippen molar-refractivity contribution >= 4 is 33.4 Å². The van der Waals surface area contributed by atoms with E-state index in [4.69, 9.17) is 0 Å². The molecule has 108 valence electrons. The molecule has 4 nitrogen and oxygen atoms in total. The van der Waals surface area contributed by atoms with Crippen molar-refractivity contribution in [3.05, 3.63) is 64.1 Å². The summed E-state index contributed by atoms with van der Waals surface area (Å²) >= 11 is 3.37. The summed E-state index contributed by atoms with van der Waals surface area (Å²) in [5, 5.41) is 5.50. The van der Waals surface area contributed by atoms with Crippen LogP contribution in [0.4, 0.5) is 5.69 Å². The molecule has 0 saturated heterocycles. The van der Waals surface area contributed by atoms with Crippen molar-refractivity contribution in [2.75, 3.05) is 5.32 Å². The van der Waals surface area contributed by atoms with Crippen molar-refractivity contribution in [2.24, 2.45) is 0 Å². The molecule has 5 heteroatoms. The number of hydrogen-bond donors (Lipinski definition) is 2. The van der Waals surface area contributed by atoms with Gasteiger partial charge in [0, 0.05) is 29.2 Å². The summed E-state index contributed by atoms with van der Waals surface area (Å²) in [6, 6.07) is 14.6. The lowest BCUT2D eigenvalue weighted by Crippen LogP contribution is -2.22. The average Bonchev–Trinajstić information content (AvgIpc) is 2.46. The van der Waals surface area contributed by atoms with Crippen LogP contribution in [0.1, 0.15) is 22.8 Å². The van der Waals surface area contributed by atoms with Crippen molar-refractivity contribution < 1.29 is 9.59 Å². The maximum absolute atomic E-state index is 12.1. The molecule has 2 N–H and O–H groups in total. The minimum absolute atomic E-state index is 0.164. The highest BCUT2D eigenvalue weighted by atomic mass is 79.9. The van der Waals surface area contributed by atoms with Gasteiger partial charge in [0.15, 0.2) is 0 Å². The zero-order valence-electron chi connectivity index (χ0n) is 11.5. The number of carbonyl (C=O) groups excluding carboxylic acids is 2. The van der Waals surface area contributed by atoms with Gasteiger partial charge in [-0.15, -0.1) is 0 Å². The van der Waals surface area contributed by atoms with Gasteiger partial charge in [-0.25, -0.2) is 0 Å². The third kappa shape index (κ3) is 4.72. The van der Waals surface area contributed by atoms with E-state index in [1.807, 2.05) is 24.3 Å². The number of benzene rings is 2. The molecule has 0 heterocycles. The first-order chi connectivity index (χ1) is 10.0. The molecule has 2 aromatic carbocycles. The van der Waals surface area contributed by atoms with Gasteiger partial charge in [-0.2, -0.15) is 0 Å². The Bertz CT molecular complexity index is 654. The van der Waals surface area contributed by atoms with Crippen molar-refractivity contribution in [2.45, 2.75) is 13.5 Å². The quantitative estimate of drug-likeness (QED) is 0.891. The van der Waals surface area contributed by atoms with Crippen LogP contribution in [0, 0.1) is 0 Å². The number of halogens is 1. The van der Waals surface area contributed by atoms with Crippen LogP contribution >= 0.6 is 15.9 Å². The summed E-state index contributed by atoms with van der Waals surface area (Å²) < 4.78 is 1.00. The second-order valence-electron chi connectivity index (χ2n) is 4.57. The van der Waals surface area contributed by atoms with Gasteiger partial charge < -0.3 is 10.6 Å². The SMILES string of the molecule is CC(=O)Nc1cccc(C(=O)NCc2ccc(Br)cc2)c1. The fourth-order valence-corrected chi connectivity index (χ4v) is 2.09. The number of anilines is 1. The van der Waals surface area contributed by atoms with E-state index in [2.05, 4.69) is 26.6 Å². The first-order valence-electron chi connectivity index (χ1n) is 6.45. The largest absolute Gasteiger partial charge is 0.348 e. The fourth-order valence-electron chi connectivity index (χ4n) is 1.83. The maximum atomic E-state index is 12.1. The lowest BCUT2D eigenvalue weighted by molar-refractivity contribution is -0.114. The molecule has 0 radical (unpaired) electrons. The van der Waals surface area contributed by atoms with Crippen LogP contribution in [-0.4, -0.2) is 11.8 Å². The van der Waals surface area contributed by atoms with Gasteiger partial charge in [-0.1, -0.05) is 34.1 Å². The van der Waals surface area contributed by atoms with E-state index in [1.54, 1.807) is 24.3 Å². The van der Waals surface area contributed by atoms with Gasteiger partial charge in [0.05, 0.1) is 0 Å². The Morgan fingerprint density at radius 3 is 2.48 bits per heavy atom. The van der Waals surface area contributed by atoms with E-state index in [0.29, 0.717) is 17.8 Å². The number of rotatable bonds is 4. The number of nitrogens with one attached hydrogen (secondary N) is 2. The molecule has 0 bridgehead atoms. The Balaban J connectivity index is 1.99. The monoisotopic (exact) mass is 346 g/mol. The van der Waals surface area contributed by atoms with Gasteiger partial charge >= 0.3 is 0 Å². The summed E-state index contributed by atoms with van der Waals surface area (Å²) in [6.45, 7) is 1.89. The Labute approximate surface area is 131 Å². The van der Waals surface area contributed by atoms with Crippen LogP contribution in [0.15, 0.2) is 53.0 Å². The van der Waals surface area contributed by atoms with Crippen molar-refractivity contribution in [1.82, 2.24) is 5.32 Å². The molecule has 0 aliphatic carbocycles. The lowest BCUT2D eigenvalue weighted by Gasteiger charge is -2.07. The summed E-state index contributed by atoms with van der Waals surface area (Å²) in [5.41, 5.74) is 2.14. The Morgan fingerprint density at radius 1 is 1.10 bits per heavy atom. The van der Waals surface area contributed by atoms with E-state index in [0.717, 1.165) is 10.0 Å². The van der Waals surface area contributed by atoms with Crippen molar-refractivity contribution in [3.63, 3.8) is 0 Å². The minimum Gasteiger partial charge on any atom is -0.348 e. The van der Waals surface area contributed by atoms with Crippen LogP contribution in [0.25, 0.3) is 0 Å². The van der Waals surface area contributed by atoms with Gasteiger partial charge in [0.2, 0.25) is 5.91 Å². The van der Waals surface area contributed by atoms with Crippen LogP contribution in [0.3, 0.4) is 0 Å². The zero-order valence-corrected chi connectivity index (χ0v) is 13.1. The predicted molar refractivity (Wildman–Crippen MR) is 86.1 cm³/mol. The molecule has 2 rings (SSSR count). The van der Waals surface area contributed by atoms with Gasteiger partial charge in [0.1, 0.15) is 0 Å². The molecule has 2 amide bonds. The predicted octanol–water partition coefficient (Wildman–Crippen LogP) is 3.34. The van der Waals surface area contributed by atoms with E-state index in [1.165, 1.54) is 6.92 Å². The molecule has 0 aromatic heterocycles. The average molecular weight is 347 g/mol. The Morgan fingerprint density at radius 2 is 1.81 bits per heavy atom. The van der Waals surface area contributed by atoms with E-state index < -0.39 is 0 Å². The van der Waals surface area contributed by atoms with Crippen molar-refractivity contribution in [3.8, 4) is 0 Å². The zero-order chi connectivity index (χ0) is 15.2. The molecular weight excluding hydrogens is 332 g/mol. The molecule has 0 aliphatic heterocycles. The first kappa shape index (κ1) is 15.3. The van der Waals surface area contributed by atoms with Gasteiger partial charge in [-0.05, 0) is 35.9 Å². The molecule has 0 fully saturated rings. The molecule has 0 aliphatic rings. The standard InChI is InChI=1S/C16H15BrN2O2/c1-11(20)19-15-4-2-3-13(9-15)16(21)18-10-12-5-7-14(17)8-6-12/h2-9H,10H2,1H3,(H,18,21)(H,19,20). The normalized spacial score (nSPS) is 10.0. The number of carbonyl (C=O) groups is 2. The molecule has 21 heavy (non-hydrogen) atoms. The van der Waals surface area contributed by atoms with Crippen LogP contribution in [0.5, 0.6) is 0 Å². The molecule has 0 saturated carbocycles. The topological polar surface area (TPSA) is 58.2 Å². The number of hydrogen-bond acceptors (Lipinski definition) is 2. The summed E-state index contributed by atoms with van der Waals surface area (Å²) in [5.74, 6) is -0.340. The Kier molecular flexibility index (Phi) is 5.11. The highest BCUT2D eigenvalue weighted by Crippen LogP contribution is 2.12. The highest BCUT2D eigenvalue weighted by Gasteiger charge is 2.06. The maximum Gasteiger partial charge on any atom is 0.251 e. The molecule has 0 unspecified atom stereocenters. The first-order valence-corrected chi connectivity index (χ1v) is 7.24. The highest BCUT2D eigenvalue weighted by molar-refractivity contribution is 9.10. The molecule has 0 spiro atoms. The van der Waals surface area contributed by atoms with Crippen LogP contribution < -0.4 is 10.6 Å².